The number of hydrogen-bond acceptors (Lipinski definition) is 2. The van der Waals surface area contributed by atoms with Gasteiger partial charge in [0.1, 0.15) is 5.82 Å². The second-order valence-corrected chi connectivity index (χ2v) is 1.98. The van der Waals surface area contributed by atoms with Crippen LogP contribution in [0.3, 0.4) is 0 Å². The van der Waals surface area contributed by atoms with Crippen molar-refractivity contribution in [3.05, 3.63) is 12.4 Å². The number of hydrogen-bond donors (Lipinski definition) is 1. The average Bonchev–Trinajstić information content (AvgIpc) is 1.82. The predicted octanol–water partition coefficient (Wildman–Crippen LogP) is 0.692. The molecule has 0 heterocycles. The fourth-order valence-electron chi connectivity index (χ4n) is 0.257. The van der Waals surface area contributed by atoms with E-state index < -0.39 is 6.30 Å². The molecule has 0 rings (SSSR count). The summed E-state index contributed by atoms with van der Waals surface area (Å²) in [5, 5.41) is 0. The molecule has 0 aliphatic rings. The Labute approximate surface area is 60.0 Å². The van der Waals surface area contributed by atoms with Gasteiger partial charge in [-0.05, 0) is 6.92 Å². The summed E-state index contributed by atoms with van der Waals surface area (Å²) in [7, 11) is 1.57. The highest BCUT2D eigenvalue weighted by Crippen LogP contribution is 1.92. The molecule has 10 heavy (non-hydrogen) atoms. The first kappa shape index (κ1) is 8.94. The lowest BCUT2D eigenvalue weighted by Gasteiger charge is -2.13. The van der Waals surface area contributed by atoms with Crippen LogP contribution in [-0.4, -0.2) is 24.6 Å². The minimum atomic E-state index is -1.05. The van der Waals surface area contributed by atoms with E-state index in [9.17, 15) is 4.39 Å². The highest BCUT2D eigenvalue weighted by molar-refractivity contribution is 5.56. The highest BCUT2D eigenvalue weighted by Gasteiger charge is 1.99. The van der Waals surface area contributed by atoms with Crippen LogP contribution < -0.4 is 5.73 Å². The summed E-state index contributed by atoms with van der Waals surface area (Å²) in [6.45, 7) is 4.73. The second kappa shape index (κ2) is 3.87. The van der Waals surface area contributed by atoms with Crippen molar-refractivity contribution in [1.29, 1.82) is 0 Å². The van der Waals surface area contributed by atoms with Gasteiger partial charge in [-0.1, -0.05) is 6.58 Å². The molecule has 1 unspecified atom stereocenters. The van der Waals surface area contributed by atoms with E-state index in [-0.39, 0.29) is 5.82 Å². The van der Waals surface area contributed by atoms with Crippen molar-refractivity contribution in [2.24, 2.45) is 10.7 Å². The zero-order valence-electron chi connectivity index (χ0n) is 6.21. The fourth-order valence-corrected chi connectivity index (χ4v) is 0.257. The molecule has 0 amide bonds. The summed E-state index contributed by atoms with van der Waals surface area (Å²) in [6, 6.07) is 0. The first-order chi connectivity index (χ1) is 4.54. The average molecular weight is 145 g/mol. The van der Waals surface area contributed by atoms with Crippen molar-refractivity contribution in [3.63, 3.8) is 0 Å². The third-order valence-corrected chi connectivity index (χ3v) is 0.967. The molecule has 2 N–H and O–H groups in total. The van der Waals surface area contributed by atoms with Gasteiger partial charge < -0.3 is 10.6 Å². The molecule has 0 aromatic carbocycles. The van der Waals surface area contributed by atoms with Gasteiger partial charge in [-0.15, -0.1) is 0 Å². The molecule has 0 aromatic rings. The van der Waals surface area contributed by atoms with Crippen molar-refractivity contribution < 1.29 is 4.39 Å². The minimum Gasteiger partial charge on any atom is -0.384 e. The maximum atomic E-state index is 12.3. The third kappa shape index (κ3) is 3.88. The lowest BCUT2D eigenvalue weighted by Crippen LogP contribution is -2.23. The molecule has 0 fully saturated rings. The van der Waals surface area contributed by atoms with Crippen molar-refractivity contribution >= 4 is 6.34 Å². The summed E-state index contributed by atoms with van der Waals surface area (Å²) in [5.74, 6) is 0.174. The molecule has 4 heteroatoms. The molecule has 0 radical (unpaired) electrons. The predicted molar refractivity (Wildman–Crippen MR) is 40.2 cm³/mol. The Morgan fingerprint density at radius 2 is 2.40 bits per heavy atom. The first-order valence-electron chi connectivity index (χ1n) is 2.88. The molecular weight excluding hydrogens is 133 g/mol. The van der Waals surface area contributed by atoms with Crippen molar-refractivity contribution in [1.82, 2.24) is 4.90 Å². The Hall–Kier alpha value is -1.06. The van der Waals surface area contributed by atoms with E-state index in [0.717, 1.165) is 0 Å². The van der Waals surface area contributed by atoms with Gasteiger partial charge in [0.2, 0.25) is 0 Å². The van der Waals surface area contributed by atoms with Crippen LogP contribution in [0.2, 0.25) is 0 Å². The third-order valence-electron chi connectivity index (χ3n) is 0.967. The minimum absolute atomic E-state index is 0.174. The molecule has 0 aromatic heterocycles. The summed E-state index contributed by atoms with van der Waals surface area (Å²) < 4.78 is 12.3. The Morgan fingerprint density at radius 3 is 2.70 bits per heavy atom. The quantitative estimate of drug-likeness (QED) is 0.360. The molecule has 58 valence electrons. The van der Waals surface area contributed by atoms with Crippen LogP contribution in [0.5, 0.6) is 0 Å². The SMILES string of the molecule is C=C(N)N=CN(C)C(C)F. The van der Waals surface area contributed by atoms with E-state index >= 15 is 0 Å². The Morgan fingerprint density at radius 1 is 1.90 bits per heavy atom. The molecule has 0 saturated carbocycles. The van der Waals surface area contributed by atoms with E-state index in [1.165, 1.54) is 18.2 Å². The van der Waals surface area contributed by atoms with E-state index in [0.29, 0.717) is 0 Å². The van der Waals surface area contributed by atoms with E-state index in [1.807, 2.05) is 0 Å². The Kier molecular flexibility index (Phi) is 3.46. The monoisotopic (exact) mass is 145 g/mol. The van der Waals surface area contributed by atoms with Gasteiger partial charge in [0.25, 0.3) is 0 Å². The van der Waals surface area contributed by atoms with Gasteiger partial charge >= 0.3 is 0 Å². The number of rotatable bonds is 3. The molecule has 0 aliphatic carbocycles. The smallest absolute Gasteiger partial charge is 0.170 e. The van der Waals surface area contributed by atoms with Crippen LogP contribution in [-0.2, 0) is 0 Å². The number of alkyl halides is 1. The lowest BCUT2D eigenvalue weighted by molar-refractivity contribution is 0.207. The lowest BCUT2D eigenvalue weighted by atomic mass is 10.6. The van der Waals surface area contributed by atoms with Crippen LogP contribution in [0.25, 0.3) is 0 Å². The van der Waals surface area contributed by atoms with E-state index in [2.05, 4.69) is 11.6 Å². The van der Waals surface area contributed by atoms with Gasteiger partial charge in [0.05, 0.1) is 6.34 Å². The zero-order valence-corrected chi connectivity index (χ0v) is 6.21. The fraction of sp³-hybridized carbons (Fsp3) is 0.500. The maximum absolute atomic E-state index is 12.3. The zero-order chi connectivity index (χ0) is 8.15. The molecule has 0 spiro atoms. The number of aliphatic imine (C=N–C) groups is 1. The van der Waals surface area contributed by atoms with E-state index in [4.69, 9.17) is 5.73 Å². The largest absolute Gasteiger partial charge is 0.384 e. The molecule has 0 saturated heterocycles. The van der Waals surface area contributed by atoms with Gasteiger partial charge in [-0.2, -0.15) is 0 Å². The summed E-state index contributed by atoms with van der Waals surface area (Å²) >= 11 is 0. The van der Waals surface area contributed by atoms with Gasteiger partial charge in [0, 0.05) is 7.05 Å². The van der Waals surface area contributed by atoms with Crippen LogP contribution in [0.4, 0.5) is 4.39 Å². The highest BCUT2D eigenvalue weighted by atomic mass is 19.1. The van der Waals surface area contributed by atoms with Gasteiger partial charge in [-0.25, -0.2) is 9.38 Å². The van der Waals surface area contributed by atoms with Gasteiger partial charge in [0.15, 0.2) is 6.30 Å². The Bertz CT molecular complexity index is 142. The molecular formula is C6H12FN3. The summed E-state index contributed by atoms with van der Waals surface area (Å²) in [4.78, 5) is 4.88. The summed E-state index contributed by atoms with van der Waals surface area (Å²) in [5.41, 5.74) is 5.10. The van der Waals surface area contributed by atoms with Crippen molar-refractivity contribution in [2.75, 3.05) is 7.05 Å². The molecule has 1 atom stereocenters. The van der Waals surface area contributed by atoms with Crippen LogP contribution in [0.15, 0.2) is 17.4 Å². The standard InChI is InChI=1S/C6H12FN3/c1-5(7)10(3)4-9-6(2)8/h4-5H,2,8H2,1,3H3. The van der Waals surface area contributed by atoms with Crippen molar-refractivity contribution in [3.8, 4) is 0 Å². The first-order valence-corrected chi connectivity index (χ1v) is 2.88. The van der Waals surface area contributed by atoms with Crippen molar-refractivity contribution in [2.45, 2.75) is 13.2 Å². The van der Waals surface area contributed by atoms with Crippen LogP contribution in [0.1, 0.15) is 6.92 Å². The second-order valence-electron chi connectivity index (χ2n) is 1.98. The van der Waals surface area contributed by atoms with Crippen LogP contribution >= 0.6 is 0 Å². The molecule has 3 nitrogen and oxygen atoms in total. The summed E-state index contributed by atoms with van der Waals surface area (Å²) in [6.07, 6.45) is 0.246. The van der Waals surface area contributed by atoms with Gasteiger partial charge in [-0.3, -0.25) is 0 Å². The number of nitrogens with two attached hydrogens (primary N) is 1. The number of halogens is 1. The van der Waals surface area contributed by atoms with Crippen LogP contribution in [0, 0.1) is 0 Å². The topological polar surface area (TPSA) is 41.6 Å². The Balaban J connectivity index is 3.77. The molecule has 0 bridgehead atoms. The number of nitrogens with zero attached hydrogens (tertiary/aromatic N) is 2. The maximum Gasteiger partial charge on any atom is 0.170 e. The normalized spacial score (nSPS) is 13.5. The van der Waals surface area contributed by atoms with E-state index in [1.54, 1.807) is 7.05 Å². The molecule has 0 aliphatic heterocycles.